The van der Waals surface area contributed by atoms with Crippen LogP contribution in [0.25, 0.3) is 79.3 Å². The third kappa shape index (κ3) is 7.17. The molecule has 0 spiro atoms. The van der Waals surface area contributed by atoms with Gasteiger partial charge in [-0.1, -0.05) is 90.5 Å². The fourth-order valence-corrected chi connectivity index (χ4v) is 11.6. The topological polar surface area (TPSA) is 96.7 Å². The van der Waals surface area contributed by atoms with E-state index in [1.807, 2.05) is 28.3 Å². The summed E-state index contributed by atoms with van der Waals surface area (Å²) in [4.78, 5) is 17.5. The highest BCUT2D eigenvalue weighted by molar-refractivity contribution is 7.31. The van der Waals surface area contributed by atoms with Crippen LogP contribution < -0.4 is 0 Å². The number of para-hydroxylation sites is 1. The van der Waals surface area contributed by atoms with Gasteiger partial charge in [-0.05, 0) is 78.8 Å². The quantitative estimate of drug-likeness (QED) is 0.0776. The third-order valence-electron chi connectivity index (χ3n) is 11.3. The molecule has 0 aliphatic heterocycles. The molecule has 10 heteroatoms. The minimum Gasteiger partial charge on any atom is -0.477 e. The normalized spacial score (nSPS) is 13.4. The van der Waals surface area contributed by atoms with E-state index in [0.717, 1.165) is 55.9 Å². The second kappa shape index (κ2) is 16.3. The van der Waals surface area contributed by atoms with Crippen molar-refractivity contribution in [1.29, 1.82) is 5.26 Å². The van der Waals surface area contributed by atoms with Crippen molar-refractivity contribution in [3.63, 3.8) is 0 Å². The number of hydrogen-bond acceptors (Lipinski definition) is 7. The van der Waals surface area contributed by atoms with Gasteiger partial charge in [0.05, 0.1) is 15.9 Å². The van der Waals surface area contributed by atoms with Gasteiger partial charge in [0.15, 0.2) is 0 Å². The zero-order valence-corrected chi connectivity index (χ0v) is 34.9. The lowest BCUT2D eigenvalue weighted by Gasteiger charge is -2.17. The van der Waals surface area contributed by atoms with Crippen molar-refractivity contribution in [2.45, 2.75) is 92.2 Å². The summed E-state index contributed by atoms with van der Waals surface area (Å²) in [5.41, 5.74) is 5.40. The van der Waals surface area contributed by atoms with Gasteiger partial charge in [-0.2, -0.15) is 20.3 Å². The number of nitrogens with zero attached hydrogens (tertiary/aromatic N) is 5. The Hall–Kier alpha value is -4.82. The first-order valence-corrected chi connectivity index (χ1v) is 22.5. The SMILES string of the molecule is CCCCC(CC)Cn1nc2c3cc(-c4ccc5c(c4)c4ccccc4n5CC(CC)CCCC)sc3c3sc(-c4ccc(/C=C(/C#N)C(=O)O)s4)cc3c2n1. The van der Waals surface area contributed by atoms with Crippen molar-refractivity contribution in [1.82, 2.24) is 19.6 Å². The highest BCUT2D eigenvalue weighted by Crippen LogP contribution is 2.48. The molecular formula is C46H47N5O2S3. The van der Waals surface area contributed by atoms with Crippen molar-refractivity contribution >= 4 is 99.1 Å². The summed E-state index contributed by atoms with van der Waals surface area (Å²) in [6.45, 7) is 11.0. The van der Waals surface area contributed by atoms with Crippen LogP contribution in [0.4, 0.5) is 0 Å². The maximum absolute atomic E-state index is 11.5. The number of benzene rings is 3. The van der Waals surface area contributed by atoms with Gasteiger partial charge in [0.25, 0.3) is 0 Å². The van der Waals surface area contributed by atoms with Crippen LogP contribution in [0.3, 0.4) is 0 Å². The summed E-state index contributed by atoms with van der Waals surface area (Å²) in [5.74, 6) is -0.0434. The van der Waals surface area contributed by atoms with Crippen LogP contribution in [0.2, 0.25) is 0 Å². The van der Waals surface area contributed by atoms with Crippen molar-refractivity contribution in [3.8, 4) is 26.3 Å². The number of carbonyl (C=O) groups is 1. The number of aliphatic carboxylic acids is 1. The van der Waals surface area contributed by atoms with E-state index >= 15 is 0 Å². The summed E-state index contributed by atoms with van der Waals surface area (Å²) >= 11 is 5.06. The zero-order valence-electron chi connectivity index (χ0n) is 32.5. The van der Waals surface area contributed by atoms with Gasteiger partial charge in [0, 0.05) is 58.6 Å². The van der Waals surface area contributed by atoms with Crippen LogP contribution in [-0.2, 0) is 17.9 Å². The van der Waals surface area contributed by atoms with Crippen molar-refractivity contribution in [2.75, 3.05) is 0 Å². The molecule has 286 valence electrons. The maximum Gasteiger partial charge on any atom is 0.346 e. The molecule has 1 N–H and O–H groups in total. The molecule has 3 aromatic carbocycles. The molecule has 0 radical (unpaired) electrons. The number of fused-ring (bicyclic) bond motifs is 9. The van der Waals surface area contributed by atoms with Gasteiger partial charge < -0.3 is 9.67 Å². The van der Waals surface area contributed by atoms with E-state index < -0.39 is 5.97 Å². The molecule has 0 saturated heterocycles. The van der Waals surface area contributed by atoms with E-state index in [1.165, 1.54) is 104 Å². The molecule has 5 heterocycles. The Bertz CT molecular complexity index is 2790. The van der Waals surface area contributed by atoms with Gasteiger partial charge in [0.2, 0.25) is 0 Å². The Morgan fingerprint density at radius 3 is 2.05 bits per heavy atom. The van der Waals surface area contributed by atoms with Crippen molar-refractivity contribution < 1.29 is 9.90 Å². The smallest absolute Gasteiger partial charge is 0.346 e. The lowest BCUT2D eigenvalue weighted by Crippen LogP contribution is -2.12. The Balaban J connectivity index is 1.27. The van der Waals surface area contributed by atoms with Crippen LogP contribution >= 0.6 is 34.0 Å². The molecular weight excluding hydrogens is 751 g/mol. The highest BCUT2D eigenvalue weighted by Gasteiger charge is 2.22. The molecule has 0 fully saturated rings. The van der Waals surface area contributed by atoms with Crippen LogP contribution in [0, 0.1) is 23.2 Å². The van der Waals surface area contributed by atoms with Crippen molar-refractivity contribution in [2.24, 2.45) is 11.8 Å². The summed E-state index contributed by atoms with van der Waals surface area (Å²) in [6, 6.07) is 26.1. The third-order valence-corrected chi connectivity index (χ3v) is 15.1. The van der Waals surface area contributed by atoms with E-state index in [-0.39, 0.29) is 5.57 Å². The second-order valence-corrected chi connectivity index (χ2v) is 18.2. The first-order chi connectivity index (χ1) is 27.3. The summed E-state index contributed by atoms with van der Waals surface area (Å²) in [7, 11) is 0. The van der Waals surface area contributed by atoms with Crippen molar-refractivity contribution in [3.05, 3.63) is 77.2 Å². The predicted octanol–water partition coefficient (Wildman–Crippen LogP) is 13.8. The minimum atomic E-state index is -1.22. The number of unbranched alkanes of at least 4 members (excludes halogenated alkanes) is 2. The molecule has 2 atom stereocenters. The van der Waals surface area contributed by atoms with E-state index in [4.69, 9.17) is 10.2 Å². The van der Waals surface area contributed by atoms with Gasteiger partial charge in [0.1, 0.15) is 22.7 Å². The van der Waals surface area contributed by atoms with Gasteiger partial charge in [-0.15, -0.1) is 34.0 Å². The maximum atomic E-state index is 11.5. The standard InChI is InChI=1S/C46H47N5O2S3/c1-5-9-13-28(7-3)26-50-37-16-12-11-15-33(37)34-22-30(17-19-38(34)50)40-23-35-42-43(49-51(48-42)27-29(8-4)14-10-6-2)36-24-41(56-45(36)44(35)55-40)39-20-18-32(54-39)21-31(25-47)46(52)53/h11-12,15-24,28-29H,5-10,13-14,26-27H2,1-4H3,(H,52,53)/b31-21-. The largest absolute Gasteiger partial charge is 0.477 e. The lowest BCUT2D eigenvalue weighted by atomic mass is 9.99. The van der Waals surface area contributed by atoms with Gasteiger partial charge >= 0.3 is 5.97 Å². The van der Waals surface area contributed by atoms with Crippen LogP contribution in [-0.4, -0.2) is 30.6 Å². The monoisotopic (exact) mass is 797 g/mol. The Labute approximate surface area is 339 Å². The average molecular weight is 798 g/mol. The summed E-state index contributed by atoms with van der Waals surface area (Å²) < 4.78 is 4.95. The molecule has 7 nitrogen and oxygen atoms in total. The molecule has 0 aliphatic rings. The molecule has 0 saturated carbocycles. The van der Waals surface area contributed by atoms with Gasteiger partial charge in [-0.25, -0.2) is 4.79 Å². The Morgan fingerprint density at radius 1 is 0.750 bits per heavy atom. The first-order valence-electron chi connectivity index (χ1n) is 20.0. The minimum absolute atomic E-state index is 0.273. The molecule has 2 unspecified atom stereocenters. The number of thiophene rings is 3. The van der Waals surface area contributed by atoms with Gasteiger partial charge in [-0.3, -0.25) is 0 Å². The Kier molecular flexibility index (Phi) is 11.1. The van der Waals surface area contributed by atoms with E-state index in [9.17, 15) is 15.2 Å². The fraction of sp³-hybridized carbons (Fsp3) is 0.348. The van der Waals surface area contributed by atoms with Crippen LogP contribution in [0.5, 0.6) is 0 Å². The first kappa shape index (κ1) is 38.1. The molecule has 8 aromatic rings. The van der Waals surface area contributed by atoms with E-state index in [1.54, 1.807) is 17.4 Å². The fourth-order valence-electron chi connectivity index (χ4n) is 8.10. The molecule has 0 aliphatic carbocycles. The number of aromatic nitrogens is 4. The van der Waals surface area contributed by atoms with Crippen LogP contribution in [0.1, 0.15) is 83.9 Å². The number of carboxylic acid groups (broad SMARTS) is 1. The van der Waals surface area contributed by atoms with E-state index in [2.05, 4.69) is 86.9 Å². The van der Waals surface area contributed by atoms with Crippen LogP contribution in [0.15, 0.2) is 72.3 Å². The molecule has 0 amide bonds. The summed E-state index contributed by atoms with van der Waals surface area (Å²) in [5, 5.41) is 34.0. The number of rotatable bonds is 16. The zero-order chi connectivity index (χ0) is 38.9. The molecule has 0 bridgehead atoms. The molecule has 56 heavy (non-hydrogen) atoms. The average Bonchev–Trinajstić information content (AvgIpc) is 4.06. The number of nitriles is 1. The second-order valence-electron chi connectivity index (χ2n) is 15.0. The molecule has 8 rings (SSSR count). The predicted molar refractivity (Wildman–Crippen MR) is 238 cm³/mol. The Morgan fingerprint density at radius 2 is 1.39 bits per heavy atom. The molecule has 5 aromatic heterocycles. The summed E-state index contributed by atoms with van der Waals surface area (Å²) in [6.07, 6.45) is 11.0. The number of carboxylic acids is 1. The highest BCUT2D eigenvalue weighted by atomic mass is 32.1. The van der Waals surface area contributed by atoms with E-state index in [0.29, 0.717) is 11.8 Å². The number of hydrogen-bond donors (Lipinski definition) is 1. The lowest BCUT2D eigenvalue weighted by molar-refractivity contribution is -0.132.